The molecule has 1 heterocycles. The normalized spacial score (nSPS) is 21.2. The van der Waals surface area contributed by atoms with Crippen LogP contribution in [0, 0.1) is 0 Å². The van der Waals surface area contributed by atoms with Gasteiger partial charge in [0.15, 0.2) is 0 Å². The van der Waals surface area contributed by atoms with E-state index in [1.165, 1.54) is 12.0 Å². The summed E-state index contributed by atoms with van der Waals surface area (Å²) in [4.78, 5) is 0. The molecule has 1 saturated heterocycles. The van der Waals surface area contributed by atoms with Gasteiger partial charge in [-0.15, -0.1) is 0 Å². The highest BCUT2D eigenvalue weighted by Crippen LogP contribution is 2.30. The fraction of sp³-hybridized carbons (Fsp3) is 0.455. The third-order valence-corrected chi connectivity index (χ3v) is 2.74. The number of nitrogens with one attached hydrogen (secondary N) is 1. The molecule has 13 heavy (non-hydrogen) atoms. The second-order valence-corrected chi connectivity index (χ2v) is 3.49. The average Bonchev–Trinajstić information content (AvgIpc) is 2.01. The van der Waals surface area contributed by atoms with Crippen LogP contribution in [0.1, 0.15) is 30.5 Å². The second kappa shape index (κ2) is 3.38. The van der Waals surface area contributed by atoms with Gasteiger partial charge in [0.2, 0.25) is 0 Å². The number of phenols is 1. The van der Waals surface area contributed by atoms with Crippen molar-refractivity contribution in [1.82, 2.24) is 5.32 Å². The standard InChI is InChI=1S/C11H15NO/c1-2-8-9(10-6-7-12-10)4-3-5-11(8)13/h3-5,10,12-13H,2,6-7H2,1H3/t10-/m1/s1. The van der Waals surface area contributed by atoms with E-state index in [1.54, 1.807) is 6.07 Å². The maximum atomic E-state index is 9.63. The van der Waals surface area contributed by atoms with Crippen molar-refractivity contribution < 1.29 is 5.11 Å². The Kier molecular flexibility index (Phi) is 2.23. The quantitative estimate of drug-likeness (QED) is 0.724. The maximum Gasteiger partial charge on any atom is 0.119 e. The van der Waals surface area contributed by atoms with Crippen molar-refractivity contribution in [3.63, 3.8) is 0 Å². The van der Waals surface area contributed by atoms with Crippen LogP contribution in [0.2, 0.25) is 0 Å². The molecule has 1 aliphatic heterocycles. The highest BCUT2D eigenvalue weighted by atomic mass is 16.3. The summed E-state index contributed by atoms with van der Waals surface area (Å²) in [6.07, 6.45) is 2.09. The van der Waals surface area contributed by atoms with Gasteiger partial charge in [-0.05, 0) is 36.6 Å². The summed E-state index contributed by atoms with van der Waals surface area (Å²) >= 11 is 0. The van der Waals surface area contributed by atoms with E-state index in [0.717, 1.165) is 18.5 Å². The lowest BCUT2D eigenvalue weighted by Crippen LogP contribution is -2.35. The van der Waals surface area contributed by atoms with Gasteiger partial charge in [-0.25, -0.2) is 0 Å². The molecule has 1 atom stereocenters. The zero-order chi connectivity index (χ0) is 9.26. The molecule has 2 nitrogen and oxygen atoms in total. The first-order chi connectivity index (χ1) is 6.33. The van der Waals surface area contributed by atoms with Crippen LogP contribution >= 0.6 is 0 Å². The molecule has 1 fully saturated rings. The first kappa shape index (κ1) is 8.57. The van der Waals surface area contributed by atoms with Crippen molar-refractivity contribution in [2.45, 2.75) is 25.8 Å². The average molecular weight is 177 g/mol. The summed E-state index contributed by atoms with van der Waals surface area (Å²) in [7, 11) is 0. The van der Waals surface area contributed by atoms with E-state index in [-0.39, 0.29) is 0 Å². The molecule has 1 aromatic rings. The van der Waals surface area contributed by atoms with Crippen molar-refractivity contribution in [3.05, 3.63) is 29.3 Å². The molecular formula is C11H15NO. The largest absolute Gasteiger partial charge is 0.508 e. The third kappa shape index (κ3) is 1.42. The number of rotatable bonds is 2. The van der Waals surface area contributed by atoms with E-state index in [4.69, 9.17) is 0 Å². The predicted molar refractivity (Wildman–Crippen MR) is 52.8 cm³/mol. The molecule has 0 saturated carbocycles. The molecule has 1 aromatic carbocycles. The van der Waals surface area contributed by atoms with Gasteiger partial charge in [0.25, 0.3) is 0 Å². The third-order valence-electron chi connectivity index (χ3n) is 2.74. The van der Waals surface area contributed by atoms with E-state index in [1.807, 2.05) is 6.07 Å². The van der Waals surface area contributed by atoms with E-state index in [0.29, 0.717) is 11.8 Å². The Balaban J connectivity index is 2.37. The van der Waals surface area contributed by atoms with Gasteiger partial charge in [-0.3, -0.25) is 0 Å². The number of phenolic OH excluding ortho intramolecular Hbond substituents is 1. The van der Waals surface area contributed by atoms with Crippen LogP contribution in [0.4, 0.5) is 0 Å². The Morgan fingerprint density at radius 2 is 2.31 bits per heavy atom. The van der Waals surface area contributed by atoms with Gasteiger partial charge in [-0.2, -0.15) is 0 Å². The Bertz CT molecular complexity index is 305. The fourth-order valence-corrected chi connectivity index (χ4v) is 1.86. The van der Waals surface area contributed by atoms with Crippen LogP contribution in [0.25, 0.3) is 0 Å². The van der Waals surface area contributed by atoms with Crippen LogP contribution in [-0.4, -0.2) is 11.7 Å². The van der Waals surface area contributed by atoms with Gasteiger partial charge in [-0.1, -0.05) is 19.1 Å². The van der Waals surface area contributed by atoms with Crippen LogP contribution in [0.5, 0.6) is 5.75 Å². The highest BCUT2D eigenvalue weighted by molar-refractivity contribution is 5.41. The van der Waals surface area contributed by atoms with Crippen molar-refractivity contribution in [2.24, 2.45) is 0 Å². The minimum Gasteiger partial charge on any atom is -0.508 e. The van der Waals surface area contributed by atoms with Crippen molar-refractivity contribution in [2.75, 3.05) is 6.54 Å². The van der Waals surface area contributed by atoms with Crippen molar-refractivity contribution >= 4 is 0 Å². The number of aromatic hydroxyl groups is 1. The van der Waals surface area contributed by atoms with E-state index < -0.39 is 0 Å². The first-order valence-corrected chi connectivity index (χ1v) is 4.87. The minimum atomic E-state index is 0.439. The van der Waals surface area contributed by atoms with Crippen molar-refractivity contribution in [3.8, 4) is 5.75 Å². The Morgan fingerprint density at radius 1 is 1.54 bits per heavy atom. The molecule has 0 radical (unpaired) electrons. The minimum absolute atomic E-state index is 0.439. The molecule has 2 N–H and O–H groups in total. The summed E-state index contributed by atoms with van der Waals surface area (Å²) < 4.78 is 0. The summed E-state index contributed by atoms with van der Waals surface area (Å²) in [6, 6.07) is 6.27. The van der Waals surface area contributed by atoms with Gasteiger partial charge in [0.05, 0.1) is 0 Å². The van der Waals surface area contributed by atoms with Crippen LogP contribution in [0.15, 0.2) is 18.2 Å². The van der Waals surface area contributed by atoms with Gasteiger partial charge < -0.3 is 10.4 Å². The molecule has 0 bridgehead atoms. The summed E-state index contributed by atoms with van der Waals surface area (Å²) in [5.41, 5.74) is 2.37. The van der Waals surface area contributed by atoms with Gasteiger partial charge in [0.1, 0.15) is 5.75 Å². The fourth-order valence-electron chi connectivity index (χ4n) is 1.86. The Hall–Kier alpha value is -1.02. The lowest BCUT2D eigenvalue weighted by atomic mass is 9.92. The Morgan fingerprint density at radius 3 is 2.85 bits per heavy atom. The summed E-state index contributed by atoms with van der Waals surface area (Å²) in [5, 5.41) is 13.0. The van der Waals surface area contributed by atoms with E-state index >= 15 is 0 Å². The molecular weight excluding hydrogens is 162 g/mol. The maximum absolute atomic E-state index is 9.63. The molecule has 2 rings (SSSR count). The lowest BCUT2D eigenvalue weighted by molar-refractivity contribution is 0.377. The van der Waals surface area contributed by atoms with Crippen LogP contribution in [-0.2, 0) is 6.42 Å². The molecule has 0 amide bonds. The number of hydrogen-bond donors (Lipinski definition) is 2. The SMILES string of the molecule is CCc1c(O)cccc1[C@H]1CCN1. The highest BCUT2D eigenvalue weighted by Gasteiger charge is 2.21. The second-order valence-electron chi connectivity index (χ2n) is 3.49. The van der Waals surface area contributed by atoms with Gasteiger partial charge in [0, 0.05) is 6.04 Å². The van der Waals surface area contributed by atoms with Gasteiger partial charge >= 0.3 is 0 Å². The monoisotopic (exact) mass is 177 g/mol. The van der Waals surface area contributed by atoms with E-state index in [9.17, 15) is 5.11 Å². The van der Waals surface area contributed by atoms with Crippen molar-refractivity contribution in [1.29, 1.82) is 0 Å². The Labute approximate surface area is 78.6 Å². The summed E-state index contributed by atoms with van der Waals surface area (Å²) in [6.45, 7) is 3.18. The zero-order valence-corrected chi connectivity index (χ0v) is 7.88. The molecule has 0 unspecified atom stereocenters. The number of hydrogen-bond acceptors (Lipinski definition) is 2. The van der Waals surface area contributed by atoms with Crippen LogP contribution < -0.4 is 5.32 Å². The smallest absolute Gasteiger partial charge is 0.119 e. The zero-order valence-electron chi connectivity index (χ0n) is 7.88. The molecule has 1 aliphatic rings. The number of benzene rings is 1. The summed E-state index contributed by atoms with van der Waals surface area (Å²) in [5.74, 6) is 0.439. The first-order valence-electron chi connectivity index (χ1n) is 4.87. The molecule has 0 aliphatic carbocycles. The van der Waals surface area contributed by atoms with E-state index in [2.05, 4.69) is 18.3 Å². The lowest BCUT2D eigenvalue weighted by Gasteiger charge is -2.30. The topological polar surface area (TPSA) is 32.3 Å². The molecule has 70 valence electrons. The predicted octanol–water partition coefficient (Wildman–Crippen LogP) is 1.99. The van der Waals surface area contributed by atoms with Crippen LogP contribution in [0.3, 0.4) is 0 Å². The molecule has 2 heteroatoms. The molecule has 0 aromatic heterocycles. The molecule has 0 spiro atoms.